The van der Waals surface area contributed by atoms with Gasteiger partial charge in [0.2, 0.25) is 0 Å². The topological polar surface area (TPSA) is 3.24 Å². The van der Waals surface area contributed by atoms with Gasteiger partial charge in [0.05, 0.1) is 16.4 Å². The van der Waals surface area contributed by atoms with E-state index in [4.69, 9.17) is 16.4 Å². The van der Waals surface area contributed by atoms with Gasteiger partial charge in [-0.1, -0.05) is 101 Å². The molecule has 0 aliphatic heterocycles. The summed E-state index contributed by atoms with van der Waals surface area (Å²) < 4.78 is 104. The fraction of sp³-hybridized carbons (Fsp3) is 0. The molecule has 0 fully saturated rings. The minimum absolute atomic E-state index is 0.0773. The molecule has 0 radical (unpaired) electrons. The Morgan fingerprint density at radius 3 is 1.19 bits per heavy atom. The van der Waals surface area contributed by atoms with E-state index in [-0.39, 0.29) is 10.2 Å². The first-order valence-electron chi connectivity index (χ1n) is 15.7. The largest absolute Gasteiger partial charge is 0.311 e. The van der Waals surface area contributed by atoms with Crippen molar-refractivity contribution in [1.82, 2.24) is 0 Å². The zero-order chi connectivity index (χ0) is 32.2. The molecule has 2 heteroatoms. The maximum atomic E-state index is 8.96. The van der Waals surface area contributed by atoms with Crippen LogP contribution in [0.5, 0.6) is 0 Å². The first-order valence-corrected chi connectivity index (χ1v) is 10.5. The van der Waals surface area contributed by atoms with Crippen LogP contribution in [-0.2, 0) is 0 Å². The highest BCUT2D eigenvalue weighted by atomic mass is 79.9. The van der Waals surface area contributed by atoms with Crippen molar-refractivity contribution in [2.45, 2.75) is 0 Å². The van der Waals surface area contributed by atoms with Crippen LogP contribution < -0.4 is 4.90 Å². The second-order valence-corrected chi connectivity index (χ2v) is 7.46. The highest BCUT2D eigenvalue weighted by Gasteiger charge is 2.11. The maximum Gasteiger partial charge on any atom is 0.0645 e. The number of hydrogen-bond acceptors (Lipinski definition) is 1. The first kappa shape index (κ1) is 10.8. The lowest BCUT2D eigenvalue weighted by Crippen LogP contribution is -2.09. The van der Waals surface area contributed by atoms with E-state index in [2.05, 4.69) is 15.9 Å². The van der Waals surface area contributed by atoms with Gasteiger partial charge in [-0.25, -0.2) is 0 Å². The van der Waals surface area contributed by atoms with Crippen LogP contribution >= 0.6 is 15.9 Å². The Morgan fingerprint density at radius 2 is 0.781 bits per heavy atom. The van der Waals surface area contributed by atoms with E-state index in [0.29, 0.717) is 11.4 Å². The second kappa shape index (κ2) is 9.25. The lowest BCUT2D eigenvalue weighted by atomic mass is 10.00. The summed E-state index contributed by atoms with van der Waals surface area (Å²) in [4.78, 5) is 1.57. The van der Waals surface area contributed by atoms with Crippen LogP contribution in [0.2, 0.25) is 0 Å². The average molecular weight is 488 g/mol. The number of hydrogen-bond donors (Lipinski definition) is 0. The quantitative estimate of drug-likeness (QED) is 0.238. The molecule has 0 aliphatic carbocycles. The van der Waals surface area contributed by atoms with Crippen molar-refractivity contribution in [3.05, 3.63) is 138 Å². The fourth-order valence-corrected chi connectivity index (χ4v) is 3.29. The van der Waals surface area contributed by atoms with Crippen LogP contribution in [-0.4, -0.2) is 0 Å². The van der Waals surface area contributed by atoms with E-state index in [1.54, 1.807) is 65.6 Å². The highest BCUT2D eigenvalue weighted by Crippen LogP contribution is 2.35. The smallest absolute Gasteiger partial charge is 0.0645 e. The number of rotatable bonds is 5. The third kappa shape index (κ3) is 4.37. The first-order chi connectivity index (χ1) is 20.8. The van der Waals surface area contributed by atoms with Gasteiger partial charge < -0.3 is 4.90 Å². The zero-order valence-corrected chi connectivity index (χ0v) is 18.2. The maximum absolute atomic E-state index is 8.96. The van der Waals surface area contributed by atoms with E-state index >= 15 is 0 Å². The van der Waals surface area contributed by atoms with Crippen LogP contribution in [0.25, 0.3) is 22.3 Å². The number of nitrogens with zero attached hydrogens (tertiary/aromatic N) is 1. The van der Waals surface area contributed by atoms with Gasteiger partial charge in [-0.3, -0.25) is 0 Å². The van der Waals surface area contributed by atoms with E-state index in [1.807, 2.05) is 0 Å². The number of anilines is 3. The molecule has 0 unspecified atom stereocenters. The van der Waals surface area contributed by atoms with Gasteiger partial charge in [0.1, 0.15) is 0 Å². The molecule has 0 aliphatic rings. The molecule has 0 aromatic heterocycles. The molecule has 0 bridgehead atoms. The van der Waals surface area contributed by atoms with Crippen LogP contribution in [0.15, 0.2) is 138 Å². The van der Waals surface area contributed by atoms with E-state index in [1.165, 1.54) is 0 Å². The van der Waals surface area contributed by atoms with Crippen LogP contribution in [0.3, 0.4) is 0 Å². The molecule has 1 nitrogen and oxygen atoms in total. The van der Waals surface area contributed by atoms with Crippen molar-refractivity contribution < 1.29 is 16.4 Å². The number of halogens is 1. The van der Waals surface area contributed by atoms with Crippen molar-refractivity contribution in [3.63, 3.8) is 0 Å². The number of benzene rings is 5. The van der Waals surface area contributed by atoms with Crippen LogP contribution in [0.4, 0.5) is 17.1 Å². The van der Waals surface area contributed by atoms with Gasteiger partial charge in [0.15, 0.2) is 0 Å². The zero-order valence-electron chi connectivity index (χ0n) is 28.6. The predicted molar refractivity (Wildman–Crippen MR) is 140 cm³/mol. The Morgan fingerprint density at radius 1 is 0.438 bits per heavy atom. The van der Waals surface area contributed by atoms with Gasteiger partial charge >= 0.3 is 0 Å². The molecular formula is C30H22BrN. The van der Waals surface area contributed by atoms with Gasteiger partial charge in [-0.15, -0.1) is 0 Å². The Hall–Kier alpha value is -3.62. The van der Waals surface area contributed by atoms with Crippen molar-refractivity contribution in [2.24, 2.45) is 0 Å². The summed E-state index contributed by atoms with van der Waals surface area (Å²) in [6, 6.07) is 10.7. The minimum Gasteiger partial charge on any atom is -0.311 e. The third-order valence-electron chi connectivity index (χ3n) is 4.58. The van der Waals surface area contributed by atoms with E-state index in [0.717, 1.165) is 0 Å². The van der Waals surface area contributed by atoms with Gasteiger partial charge in [0, 0.05) is 21.5 Å². The van der Waals surface area contributed by atoms with Crippen molar-refractivity contribution >= 4 is 33.0 Å². The predicted octanol–water partition coefficient (Wildman–Crippen LogP) is 9.25. The molecule has 0 saturated heterocycles. The third-order valence-corrected chi connectivity index (χ3v) is 4.98. The SMILES string of the molecule is [2H]c1c([2H])c(-c2c([2H])c([2H])c(-c3c([2H])c([2H])c(N(c4ccccc4)c4ccccc4)c([2H])c3[2H])c([2H])c2[2H])c([2H])c([2H])c1Br. The molecular weight excluding hydrogens is 454 g/mol. The Bertz CT molecular complexity index is 1820. The molecule has 0 N–H and O–H groups in total. The lowest BCUT2D eigenvalue weighted by molar-refractivity contribution is 1.28. The normalized spacial score (nSPS) is 15.9. The van der Waals surface area contributed by atoms with E-state index in [9.17, 15) is 0 Å². The van der Waals surface area contributed by atoms with Crippen molar-refractivity contribution in [1.29, 1.82) is 0 Å². The summed E-state index contributed by atoms with van der Waals surface area (Å²) in [6.45, 7) is 0. The molecule has 0 spiro atoms. The Kier molecular flexibility index (Phi) is 3.12. The molecule has 154 valence electrons. The monoisotopic (exact) mass is 487 g/mol. The molecule has 5 aromatic carbocycles. The van der Waals surface area contributed by atoms with Crippen molar-refractivity contribution in [2.75, 3.05) is 4.90 Å². The molecule has 0 atom stereocenters. The van der Waals surface area contributed by atoms with Gasteiger partial charge in [-0.2, -0.15) is 0 Å². The summed E-state index contributed by atoms with van der Waals surface area (Å²) >= 11 is 3.01. The lowest BCUT2D eigenvalue weighted by Gasteiger charge is -2.25. The van der Waals surface area contributed by atoms with Gasteiger partial charge in [-0.05, 0) is 70.7 Å². The van der Waals surface area contributed by atoms with Crippen LogP contribution in [0, 0.1) is 0 Å². The fourth-order valence-electron chi connectivity index (χ4n) is 3.09. The summed E-state index contributed by atoms with van der Waals surface area (Å²) in [5, 5.41) is 0. The second-order valence-electron chi connectivity index (χ2n) is 6.67. The molecule has 5 rings (SSSR count). The van der Waals surface area contributed by atoms with E-state index < -0.39 is 94.8 Å². The van der Waals surface area contributed by atoms with Crippen molar-refractivity contribution in [3.8, 4) is 22.3 Å². The molecule has 0 heterocycles. The molecule has 0 saturated carbocycles. The Balaban J connectivity index is 1.81. The van der Waals surface area contributed by atoms with Gasteiger partial charge in [0.25, 0.3) is 0 Å². The summed E-state index contributed by atoms with van der Waals surface area (Å²) in [7, 11) is 0. The highest BCUT2D eigenvalue weighted by molar-refractivity contribution is 9.10. The number of para-hydroxylation sites is 2. The van der Waals surface area contributed by atoms with Crippen LogP contribution in [0.1, 0.15) is 16.4 Å². The molecule has 5 aromatic rings. The summed E-state index contributed by atoms with van der Waals surface area (Å²) in [5.41, 5.74) is -0.770. The average Bonchev–Trinajstić information content (AvgIpc) is 3.03. The molecule has 32 heavy (non-hydrogen) atoms. The molecule has 0 amide bonds. The summed E-state index contributed by atoms with van der Waals surface area (Å²) in [5.74, 6) is 0. The Labute approximate surface area is 214 Å². The summed E-state index contributed by atoms with van der Waals surface area (Å²) in [6.07, 6.45) is 0. The minimum atomic E-state index is -0.711. The standard InChI is InChI=1S/C30H22BrN/c31-27-19-15-25(16-20-27)23-11-13-24(14-12-23)26-17-21-30(22-18-26)32(28-7-3-1-4-8-28)29-9-5-2-6-10-29/h1-22H/i11D,12D,13D,14D,15D,16D,17D,18D,19D,20D,21D,22D.